The van der Waals surface area contributed by atoms with E-state index in [4.69, 9.17) is 21.1 Å². The van der Waals surface area contributed by atoms with Gasteiger partial charge in [0.05, 0.1) is 11.6 Å². The monoisotopic (exact) mass is 285 g/mol. The number of benzene rings is 1. The minimum absolute atomic E-state index is 0.460. The number of carbonyl (C=O) groups is 1. The lowest BCUT2D eigenvalue weighted by atomic mass is 10.2. The molecule has 0 spiro atoms. The number of halogens is 1. The molecule has 19 heavy (non-hydrogen) atoms. The number of amides is 1. The molecule has 1 rings (SSSR count). The Bertz CT molecular complexity index is 441. The highest BCUT2D eigenvalue weighted by atomic mass is 35.5. The molecule has 0 bridgehead atoms. The summed E-state index contributed by atoms with van der Waals surface area (Å²) in [6, 6.07) is 5.09. The number of rotatable bonds is 4. The summed E-state index contributed by atoms with van der Waals surface area (Å²) >= 11 is 6.06. The van der Waals surface area contributed by atoms with E-state index < -0.39 is 11.7 Å². The second-order valence-corrected chi connectivity index (χ2v) is 5.53. The van der Waals surface area contributed by atoms with E-state index in [1.165, 1.54) is 0 Å². The van der Waals surface area contributed by atoms with Gasteiger partial charge in [-0.15, -0.1) is 0 Å². The van der Waals surface area contributed by atoms with Gasteiger partial charge in [-0.3, -0.25) is 5.32 Å². The Labute approximate surface area is 119 Å². The maximum atomic E-state index is 11.6. The molecule has 0 radical (unpaired) electrons. The molecule has 1 N–H and O–H groups in total. The lowest BCUT2D eigenvalue weighted by Crippen LogP contribution is -2.27. The number of hydrogen-bond acceptors (Lipinski definition) is 3. The summed E-state index contributed by atoms with van der Waals surface area (Å²) in [6.45, 7) is 8.05. The van der Waals surface area contributed by atoms with Crippen LogP contribution in [0.4, 0.5) is 10.5 Å². The van der Waals surface area contributed by atoms with Crippen LogP contribution in [-0.2, 0) is 4.74 Å². The molecule has 0 heterocycles. The first-order valence-corrected chi connectivity index (χ1v) is 6.62. The van der Waals surface area contributed by atoms with E-state index in [2.05, 4.69) is 5.32 Å². The predicted molar refractivity (Wildman–Crippen MR) is 77.1 cm³/mol. The molecular formula is C14H20ClNO3. The number of hydrogen-bond donors (Lipinski definition) is 1. The van der Waals surface area contributed by atoms with Crippen LogP contribution in [0.1, 0.15) is 34.1 Å². The first-order chi connectivity index (χ1) is 8.81. The van der Waals surface area contributed by atoms with Crippen molar-refractivity contribution < 1.29 is 14.3 Å². The van der Waals surface area contributed by atoms with Crippen molar-refractivity contribution in [3.05, 3.63) is 23.2 Å². The highest BCUT2D eigenvalue weighted by molar-refractivity contribution is 6.32. The molecule has 0 saturated carbocycles. The molecule has 0 aliphatic heterocycles. The Kier molecular flexibility index (Phi) is 5.48. The van der Waals surface area contributed by atoms with Crippen molar-refractivity contribution in [2.24, 2.45) is 0 Å². The van der Waals surface area contributed by atoms with Crippen LogP contribution in [0.15, 0.2) is 18.2 Å². The van der Waals surface area contributed by atoms with E-state index in [0.29, 0.717) is 23.1 Å². The van der Waals surface area contributed by atoms with Crippen LogP contribution in [0, 0.1) is 0 Å². The molecule has 0 saturated heterocycles. The first-order valence-electron chi connectivity index (χ1n) is 6.24. The number of anilines is 1. The van der Waals surface area contributed by atoms with Gasteiger partial charge in [0, 0.05) is 5.69 Å². The SMILES string of the molecule is CCCOc1ccc(NC(=O)OC(C)(C)C)cc1Cl. The Morgan fingerprint density at radius 2 is 2.05 bits per heavy atom. The predicted octanol–water partition coefficient (Wildman–Crippen LogP) is 4.48. The van der Waals surface area contributed by atoms with Gasteiger partial charge in [-0.05, 0) is 45.4 Å². The largest absolute Gasteiger partial charge is 0.492 e. The summed E-state index contributed by atoms with van der Waals surface area (Å²) < 4.78 is 10.6. The summed E-state index contributed by atoms with van der Waals surface area (Å²) in [5.41, 5.74) is 0.0426. The van der Waals surface area contributed by atoms with Gasteiger partial charge in [0.2, 0.25) is 0 Å². The molecule has 1 aromatic carbocycles. The van der Waals surface area contributed by atoms with Crippen LogP contribution in [0.5, 0.6) is 5.75 Å². The van der Waals surface area contributed by atoms with Crippen LogP contribution in [-0.4, -0.2) is 18.3 Å². The molecule has 0 aliphatic carbocycles. The number of ether oxygens (including phenoxy) is 2. The fourth-order valence-corrected chi connectivity index (χ4v) is 1.56. The maximum Gasteiger partial charge on any atom is 0.412 e. The molecule has 1 amide bonds. The zero-order valence-corrected chi connectivity index (χ0v) is 12.5. The molecular weight excluding hydrogens is 266 g/mol. The molecule has 4 nitrogen and oxygen atoms in total. The third-order valence-corrected chi connectivity index (χ3v) is 2.33. The lowest BCUT2D eigenvalue weighted by Gasteiger charge is -2.19. The normalized spacial score (nSPS) is 11.0. The molecule has 0 atom stereocenters. The zero-order chi connectivity index (χ0) is 14.5. The molecule has 5 heteroatoms. The van der Waals surface area contributed by atoms with Gasteiger partial charge in [-0.1, -0.05) is 18.5 Å². The Balaban J connectivity index is 2.65. The van der Waals surface area contributed by atoms with Crippen LogP contribution in [0.2, 0.25) is 5.02 Å². The average Bonchev–Trinajstić information content (AvgIpc) is 2.25. The number of carbonyl (C=O) groups excluding carboxylic acids is 1. The summed E-state index contributed by atoms with van der Waals surface area (Å²) in [5, 5.41) is 3.08. The summed E-state index contributed by atoms with van der Waals surface area (Å²) in [5.74, 6) is 0.609. The van der Waals surface area contributed by atoms with Gasteiger partial charge in [0.25, 0.3) is 0 Å². The van der Waals surface area contributed by atoms with Crippen molar-refractivity contribution in [1.82, 2.24) is 0 Å². The highest BCUT2D eigenvalue weighted by Crippen LogP contribution is 2.28. The van der Waals surface area contributed by atoms with Gasteiger partial charge in [0.15, 0.2) is 0 Å². The maximum absolute atomic E-state index is 11.6. The van der Waals surface area contributed by atoms with E-state index in [9.17, 15) is 4.79 Å². The van der Waals surface area contributed by atoms with Crippen molar-refractivity contribution in [3.63, 3.8) is 0 Å². The van der Waals surface area contributed by atoms with Crippen molar-refractivity contribution in [2.45, 2.75) is 39.7 Å². The Morgan fingerprint density at radius 3 is 2.58 bits per heavy atom. The van der Waals surface area contributed by atoms with Crippen LogP contribution in [0.3, 0.4) is 0 Å². The summed E-state index contributed by atoms with van der Waals surface area (Å²) in [7, 11) is 0. The molecule has 106 valence electrons. The Morgan fingerprint density at radius 1 is 1.37 bits per heavy atom. The van der Waals surface area contributed by atoms with E-state index in [1.54, 1.807) is 39.0 Å². The van der Waals surface area contributed by atoms with Crippen LogP contribution in [0.25, 0.3) is 0 Å². The van der Waals surface area contributed by atoms with Gasteiger partial charge >= 0.3 is 6.09 Å². The van der Waals surface area contributed by atoms with Crippen molar-refractivity contribution in [2.75, 3.05) is 11.9 Å². The van der Waals surface area contributed by atoms with Crippen LogP contribution >= 0.6 is 11.6 Å². The van der Waals surface area contributed by atoms with Gasteiger partial charge in [-0.2, -0.15) is 0 Å². The highest BCUT2D eigenvalue weighted by Gasteiger charge is 2.16. The van der Waals surface area contributed by atoms with Crippen molar-refractivity contribution in [1.29, 1.82) is 0 Å². The van der Waals surface area contributed by atoms with Crippen LogP contribution < -0.4 is 10.1 Å². The zero-order valence-electron chi connectivity index (χ0n) is 11.7. The van der Waals surface area contributed by atoms with Gasteiger partial charge < -0.3 is 9.47 Å². The third kappa shape index (κ3) is 5.83. The van der Waals surface area contributed by atoms with E-state index in [-0.39, 0.29) is 0 Å². The van der Waals surface area contributed by atoms with E-state index in [1.807, 2.05) is 6.92 Å². The molecule has 0 aliphatic rings. The topological polar surface area (TPSA) is 47.6 Å². The van der Waals surface area contributed by atoms with Crippen molar-refractivity contribution in [3.8, 4) is 5.75 Å². The minimum Gasteiger partial charge on any atom is -0.492 e. The first kappa shape index (κ1) is 15.6. The fraction of sp³-hybridized carbons (Fsp3) is 0.500. The van der Waals surface area contributed by atoms with Crippen molar-refractivity contribution >= 4 is 23.4 Å². The standard InChI is InChI=1S/C14H20ClNO3/c1-5-8-18-12-7-6-10(9-11(12)15)16-13(17)19-14(2,3)4/h6-7,9H,5,8H2,1-4H3,(H,16,17). The molecule has 0 aromatic heterocycles. The second kappa shape index (κ2) is 6.66. The summed E-state index contributed by atoms with van der Waals surface area (Å²) in [6.07, 6.45) is 0.402. The fourth-order valence-electron chi connectivity index (χ4n) is 1.33. The van der Waals surface area contributed by atoms with Gasteiger partial charge in [-0.25, -0.2) is 4.79 Å². The number of nitrogens with one attached hydrogen (secondary N) is 1. The van der Waals surface area contributed by atoms with E-state index in [0.717, 1.165) is 6.42 Å². The summed E-state index contributed by atoms with van der Waals surface area (Å²) in [4.78, 5) is 11.6. The molecule has 1 aromatic rings. The minimum atomic E-state index is -0.530. The average molecular weight is 286 g/mol. The quantitative estimate of drug-likeness (QED) is 0.887. The third-order valence-electron chi connectivity index (χ3n) is 2.04. The van der Waals surface area contributed by atoms with Gasteiger partial charge in [0.1, 0.15) is 11.4 Å². The smallest absolute Gasteiger partial charge is 0.412 e. The molecule has 0 unspecified atom stereocenters. The molecule has 0 fully saturated rings. The van der Waals surface area contributed by atoms with E-state index >= 15 is 0 Å². The second-order valence-electron chi connectivity index (χ2n) is 5.12. The lowest BCUT2D eigenvalue weighted by molar-refractivity contribution is 0.0636. The Hall–Kier alpha value is -1.42.